The van der Waals surface area contributed by atoms with Crippen molar-refractivity contribution in [2.24, 2.45) is 10.9 Å². The van der Waals surface area contributed by atoms with Crippen LogP contribution in [0.1, 0.15) is 33.6 Å². The Labute approximate surface area is 224 Å². The lowest BCUT2D eigenvalue weighted by Gasteiger charge is -2.29. The zero-order chi connectivity index (χ0) is 26.5. The summed E-state index contributed by atoms with van der Waals surface area (Å²) in [5.41, 5.74) is 2.51. The van der Waals surface area contributed by atoms with E-state index in [1.165, 1.54) is 19.1 Å². The summed E-state index contributed by atoms with van der Waals surface area (Å²) in [6.45, 7) is 6.87. The molecule has 2 heterocycles. The third kappa shape index (κ3) is 9.25. The normalized spacial score (nSPS) is 19.1. The van der Waals surface area contributed by atoms with E-state index in [0.29, 0.717) is 35.9 Å². The number of fused-ring (bicyclic) bond motifs is 1. The molecule has 0 aromatic heterocycles. The van der Waals surface area contributed by atoms with Crippen LogP contribution in [0.25, 0.3) is 0 Å². The predicted molar refractivity (Wildman–Crippen MR) is 153 cm³/mol. The summed E-state index contributed by atoms with van der Waals surface area (Å²) < 4.78 is 25.1. The zero-order valence-corrected chi connectivity index (χ0v) is 22.6. The van der Waals surface area contributed by atoms with E-state index in [1.807, 2.05) is 26.0 Å². The summed E-state index contributed by atoms with van der Waals surface area (Å²) in [4.78, 5) is 8.18. The molecular formula is C28H33BClF2N3S. The Morgan fingerprint density at radius 2 is 2.14 bits per heavy atom. The number of halogens is 3. The molecule has 190 valence electrons. The molecule has 8 heteroatoms. The van der Waals surface area contributed by atoms with E-state index in [2.05, 4.69) is 22.5 Å². The smallest absolute Gasteiger partial charge is 0.142 e. The first kappa shape index (κ1) is 29.9. The van der Waals surface area contributed by atoms with Crippen molar-refractivity contribution in [2.75, 3.05) is 13.1 Å². The van der Waals surface area contributed by atoms with Crippen molar-refractivity contribution in [1.29, 1.82) is 5.41 Å². The summed E-state index contributed by atoms with van der Waals surface area (Å²) in [6.07, 6.45) is 12.5. The SMILES string of the molecule is Fc1cccc(Cl)c1.[B]C/C=C/C1CC2=C(C(=N)/C=C\CC(C)F)CN=C(C(=CC)S/C=C\C)N2C1. The van der Waals surface area contributed by atoms with Gasteiger partial charge in [-0.3, -0.25) is 4.99 Å². The van der Waals surface area contributed by atoms with Crippen LogP contribution in [0.15, 0.2) is 87.3 Å². The van der Waals surface area contributed by atoms with Gasteiger partial charge >= 0.3 is 0 Å². The highest BCUT2D eigenvalue weighted by atomic mass is 35.5. The number of benzene rings is 1. The van der Waals surface area contributed by atoms with Crippen molar-refractivity contribution in [2.45, 2.75) is 46.1 Å². The van der Waals surface area contributed by atoms with Gasteiger partial charge in [-0.15, -0.1) is 0 Å². The van der Waals surface area contributed by atoms with Crippen molar-refractivity contribution in [3.8, 4) is 0 Å². The highest BCUT2D eigenvalue weighted by Gasteiger charge is 2.34. The largest absolute Gasteiger partial charge is 0.328 e. The molecule has 2 radical (unpaired) electrons. The number of nitrogens with one attached hydrogen (secondary N) is 1. The Morgan fingerprint density at radius 3 is 2.72 bits per heavy atom. The second-order valence-corrected chi connectivity index (χ2v) is 9.70. The number of hydrogen-bond acceptors (Lipinski definition) is 4. The van der Waals surface area contributed by atoms with Crippen LogP contribution in [-0.4, -0.2) is 43.6 Å². The standard InChI is InChI=1S/C22H29BFN3S.C6H4ClF/c1-4-12-28-21(5-2)22-26-14-18(19(25)10-6-8-16(3)24)20-13-17(9-7-11-23)15-27(20)22;7-5-2-1-3-6(8)4-5/h4-7,9-10,12,16-17,25H,8,11,13-15H2,1-3H3;1-4H/b9-7+,10-6-,12-4-,21-5?,25-19?;. The Hall–Kier alpha value is -2.38. The average Bonchev–Trinajstić information content (AvgIpc) is 3.27. The van der Waals surface area contributed by atoms with Crippen molar-refractivity contribution in [3.63, 3.8) is 0 Å². The Balaban J connectivity index is 0.000000482. The molecule has 1 N–H and O–H groups in total. The molecule has 3 nitrogen and oxygen atoms in total. The van der Waals surface area contributed by atoms with Gasteiger partial charge in [-0.05, 0) is 63.3 Å². The molecule has 0 bridgehead atoms. The molecule has 2 aliphatic heterocycles. The molecule has 1 aromatic carbocycles. The van der Waals surface area contributed by atoms with Crippen LogP contribution in [0.4, 0.5) is 8.78 Å². The van der Waals surface area contributed by atoms with Gasteiger partial charge in [-0.1, -0.05) is 66.1 Å². The number of hydrogen-bond donors (Lipinski definition) is 1. The van der Waals surface area contributed by atoms with Crippen LogP contribution in [0.5, 0.6) is 0 Å². The number of rotatable bonds is 9. The third-order valence-corrected chi connectivity index (χ3v) is 6.72. The fraction of sp³-hybridized carbons (Fsp3) is 0.357. The van der Waals surface area contributed by atoms with Gasteiger partial charge < -0.3 is 10.3 Å². The van der Waals surface area contributed by atoms with Crippen LogP contribution in [-0.2, 0) is 0 Å². The molecule has 0 spiro atoms. The Bertz CT molecular complexity index is 1060. The molecule has 36 heavy (non-hydrogen) atoms. The van der Waals surface area contributed by atoms with Gasteiger partial charge in [-0.2, -0.15) is 0 Å². The first-order chi connectivity index (χ1) is 17.3. The first-order valence-electron chi connectivity index (χ1n) is 12.0. The molecule has 0 amide bonds. The van der Waals surface area contributed by atoms with E-state index >= 15 is 0 Å². The summed E-state index contributed by atoms with van der Waals surface area (Å²) >= 11 is 7.07. The lowest BCUT2D eigenvalue weighted by Crippen LogP contribution is -2.33. The molecule has 3 rings (SSSR count). The summed E-state index contributed by atoms with van der Waals surface area (Å²) in [6, 6.07) is 5.82. The average molecular weight is 528 g/mol. The zero-order valence-electron chi connectivity index (χ0n) is 21.1. The minimum Gasteiger partial charge on any atom is -0.328 e. The summed E-state index contributed by atoms with van der Waals surface area (Å²) in [5.74, 6) is 1.03. The number of thioether (sulfide) groups is 1. The Kier molecular flexibility index (Phi) is 13.0. The molecule has 1 saturated heterocycles. The van der Waals surface area contributed by atoms with E-state index in [0.717, 1.165) is 35.0 Å². The van der Waals surface area contributed by atoms with Gasteiger partial charge in [0.15, 0.2) is 0 Å². The van der Waals surface area contributed by atoms with Gasteiger partial charge in [0, 0.05) is 33.7 Å². The maximum Gasteiger partial charge on any atom is 0.142 e. The molecule has 2 unspecified atom stereocenters. The number of aliphatic imine (C=N–C) groups is 1. The fourth-order valence-electron chi connectivity index (χ4n) is 3.78. The van der Waals surface area contributed by atoms with Gasteiger partial charge in [0.25, 0.3) is 0 Å². The molecule has 2 aliphatic rings. The predicted octanol–water partition coefficient (Wildman–Crippen LogP) is 8.09. The molecule has 1 fully saturated rings. The third-order valence-electron chi connectivity index (χ3n) is 5.40. The molecular weight excluding hydrogens is 495 g/mol. The van der Waals surface area contributed by atoms with Crippen molar-refractivity contribution >= 4 is 42.8 Å². The second kappa shape index (κ2) is 15.7. The van der Waals surface area contributed by atoms with Crippen LogP contribution in [0, 0.1) is 17.1 Å². The minimum atomic E-state index is -0.896. The van der Waals surface area contributed by atoms with Crippen molar-refractivity contribution in [1.82, 2.24) is 4.90 Å². The monoisotopic (exact) mass is 527 g/mol. The highest BCUT2D eigenvalue weighted by Crippen LogP contribution is 2.37. The van der Waals surface area contributed by atoms with Crippen LogP contribution >= 0.6 is 23.4 Å². The quantitative estimate of drug-likeness (QED) is 0.200. The molecule has 0 aliphatic carbocycles. The molecule has 1 aromatic rings. The van der Waals surface area contributed by atoms with Crippen molar-refractivity contribution in [3.05, 3.63) is 93.1 Å². The van der Waals surface area contributed by atoms with E-state index in [9.17, 15) is 8.78 Å². The van der Waals surface area contributed by atoms with E-state index in [4.69, 9.17) is 29.8 Å². The number of amidine groups is 1. The van der Waals surface area contributed by atoms with Gasteiger partial charge in [0.05, 0.1) is 20.1 Å². The van der Waals surface area contributed by atoms with Gasteiger partial charge in [-0.25, -0.2) is 8.78 Å². The topological polar surface area (TPSA) is 39.5 Å². The van der Waals surface area contributed by atoms with Crippen LogP contribution in [0.3, 0.4) is 0 Å². The first-order valence-corrected chi connectivity index (χ1v) is 13.2. The maximum atomic E-state index is 13.1. The minimum absolute atomic E-state index is 0.294. The lowest BCUT2D eigenvalue weighted by atomic mass is 9.99. The fourth-order valence-corrected chi connectivity index (χ4v) is 4.65. The highest BCUT2D eigenvalue weighted by molar-refractivity contribution is 8.06. The number of allylic oxidation sites excluding steroid dienone is 6. The van der Waals surface area contributed by atoms with E-state index in [1.54, 1.807) is 36.0 Å². The summed E-state index contributed by atoms with van der Waals surface area (Å²) in [5, 5.41) is 11.0. The van der Waals surface area contributed by atoms with Gasteiger partial charge in [0.1, 0.15) is 17.8 Å². The van der Waals surface area contributed by atoms with Crippen molar-refractivity contribution < 1.29 is 8.78 Å². The lowest BCUT2D eigenvalue weighted by molar-refractivity contribution is 0.365. The molecule has 0 saturated carbocycles. The van der Waals surface area contributed by atoms with Crippen LogP contribution in [0.2, 0.25) is 11.3 Å². The van der Waals surface area contributed by atoms with Crippen LogP contribution < -0.4 is 0 Å². The second-order valence-electron chi connectivity index (χ2n) is 8.32. The summed E-state index contributed by atoms with van der Waals surface area (Å²) in [7, 11) is 5.63. The van der Waals surface area contributed by atoms with E-state index < -0.39 is 6.17 Å². The maximum absolute atomic E-state index is 13.1. The number of alkyl halides is 1. The molecule has 2 atom stereocenters. The van der Waals surface area contributed by atoms with E-state index in [-0.39, 0.29) is 5.82 Å². The van der Waals surface area contributed by atoms with Gasteiger partial charge in [0.2, 0.25) is 0 Å². The number of nitrogens with zero attached hydrogens (tertiary/aromatic N) is 2. The Morgan fingerprint density at radius 1 is 1.36 bits per heavy atom.